The van der Waals surface area contributed by atoms with Crippen LogP contribution in [0.5, 0.6) is 0 Å². The van der Waals surface area contributed by atoms with Crippen molar-refractivity contribution in [3.05, 3.63) is 42.2 Å². The third kappa shape index (κ3) is 3.02. The molecule has 0 aliphatic carbocycles. The molecule has 5 nitrogen and oxygen atoms in total. The number of aromatic nitrogens is 3. The Bertz CT molecular complexity index is 606. The monoisotopic (exact) mass is 319 g/mol. The van der Waals surface area contributed by atoms with Crippen LogP contribution in [-0.4, -0.2) is 46.1 Å². The van der Waals surface area contributed by atoms with Gasteiger partial charge in [-0.25, -0.2) is 4.68 Å². The summed E-state index contributed by atoms with van der Waals surface area (Å²) >= 11 is 0. The van der Waals surface area contributed by atoms with E-state index in [1.165, 1.54) is 39.0 Å². The standard InChI is InChI=1S/C16H21N5.ClH/c1-2-4-15(5-3-1)21-11-14(18-19-21)10-20-9-7-16(13-20)6-8-17-12-16;/h1-5,11,17H,6-10,12-13H2;1H. The summed E-state index contributed by atoms with van der Waals surface area (Å²) in [6, 6.07) is 10.2. The van der Waals surface area contributed by atoms with E-state index in [1.54, 1.807) is 0 Å². The second-order valence-corrected chi connectivity index (χ2v) is 6.38. The lowest BCUT2D eigenvalue weighted by Gasteiger charge is -2.22. The van der Waals surface area contributed by atoms with E-state index in [0.717, 1.165) is 17.9 Å². The molecule has 2 aliphatic rings. The lowest BCUT2D eigenvalue weighted by Crippen LogP contribution is -2.29. The molecule has 1 atom stereocenters. The highest BCUT2D eigenvalue weighted by Gasteiger charge is 2.40. The van der Waals surface area contributed by atoms with Crippen molar-refractivity contribution in [3.63, 3.8) is 0 Å². The number of benzene rings is 1. The van der Waals surface area contributed by atoms with Crippen molar-refractivity contribution in [3.8, 4) is 5.69 Å². The molecule has 1 aromatic heterocycles. The van der Waals surface area contributed by atoms with E-state index in [2.05, 4.69) is 20.5 Å². The first-order valence-electron chi connectivity index (χ1n) is 7.73. The fourth-order valence-electron chi connectivity index (χ4n) is 3.61. The van der Waals surface area contributed by atoms with E-state index in [4.69, 9.17) is 0 Å². The van der Waals surface area contributed by atoms with Gasteiger partial charge in [-0.1, -0.05) is 23.4 Å². The van der Waals surface area contributed by atoms with Crippen LogP contribution in [0, 0.1) is 5.41 Å². The molecule has 22 heavy (non-hydrogen) atoms. The number of nitrogens with one attached hydrogen (secondary N) is 1. The van der Waals surface area contributed by atoms with Gasteiger partial charge in [0, 0.05) is 19.6 Å². The predicted octanol–water partition coefficient (Wildman–Crippen LogP) is 1.87. The molecule has 2 aliphatic heterocycles. The van der Waals surface area contributed by atoms with Gasteiger partial charge in [0.25, 0.3) is 0 Å². The molecule has 2 saturated heterocycles. The van der Waals surface area contributed by atoms with Crippen molar-refractivity contribution in [1.82, 2.24) is 25.2 Å². The maximum absolute atomic E-state index is 4.33. The summed E-state index contributed by atoms with van der Waals surface area (Å²) in [4.78, 5) is 2.52. The van der Waals surface area contributed by atoms with E-state index in [0.29, 0.717) is 5.41 Å². The van der Waals surface area contributed by atoms with Gasteiger partial charge in [-0.2, -0.15) is 0 Å². The molecule has 1 spiro atoms. The summed E-state index contributed by atoms with van der Waals surface area (Å²) in [5.41, 5.74) is 2.64. The Hall–Kier alpha value is -1.43. The van der Waals surface area contributed by atoms with E-state index < -0.39 is 0 Å². The van der Waals surface area contributed by atoms with Gasteiger partial charge in [-0.3, -0.25) is 4.90 Å². The summed E-state index contributed by atoms with van der Waals surface area (Å²) in [5, 5.41) is 12.1. The summed E-state index contributed by atoms with van der Waals surface area (Å²) in [5.74, 6) is 0. The summed E-state index contributed by atoms with van der Waals surface area (Å²) in [7, 11) is 0. The minimum absolute atomic E-state index is 0. The number of hydrogen-bond acceptors (Lipinski definition) is 4. The van der Waals surface area contributed by atoms with Crippen LogP contribution in [0.25, 0.3) is 5.69 Å². The van der Waals surface area contributed by atoms with E-state index in [9.17, 15) is 0 Å². The average molecular weight is 320 g/mol. The highest BCUT2D eigenvalue weighted by atomic mass is 35.5. The summed E-state index contributed by atoms with van der Waals surface area (Å²) in [6.07, 6.45) is 4.68. The van der Waals surface area contributed by atoms with Crippen molar-refractivity contribution in [2.75, 3.05) is 26.2 Å². The maximum atomic E-state index is 4.33. The van der Waals surface area contributed by atoms with Crippen LogP contribution in [0.3, 0.4) is 0 Å². The molecular formula is C16H22ClN5. The second kappa shape index (κ2) is 6.36. The Morgan fingerprint density at radius 2 is 2.05 bits per heavy atom. The quantitative estimate of drug-likeness (QED) is 0.938. The van der Waals surface area contributed by atoms with Gasteiger partial charge in [0.05, 0.1) is 17.6 Å². The minimum atomic E-state index is 0. The van der Waals surface area contributed by atoms with Crippen LogP contribution in [0.2, 0.25) is 0 Å². The molecule has 0 saturated carbocycles. The zero-order chi connectivity index (χ0) is 14.1. The van der Waals surface area contributed by atoms with Crippen molar-refractivity contribution in [2.24, 2.45) is 5.41 Å². The Balaban J connectivity index is 0.00000144. The number of para-hydroxylation sites is 1. The summed E-state index contributed by atoms with van der Waals surface area (Å²) < 4.78 is 1.86. The van der Waals surface area contributed by atoms with E-state index >= 15 is 0 Å². The molecule has 3 heterocycles. The van der Waals surface area contributed by atoms with Crippen LogP contribution >= 0.6 is 12.4 Å². The normalized spacial score (nSPS) is 24.7. The minimum Gasteiger partial charge on any atom is -0.316 e. The summed E-state index contributed by atoms with van der Waals surface area (Å²) in [6.45, 7) is 5.64. The first kappa shape index (κ1) is 15.5. The van der Waals surface area contributed by atoms with Crippen molar-refractivity contribution in [1.29, 1.82) is 0 Å². The highest BCUT2D eigenvalue weighted by molar-refractivity contribution is 5.85. The van der Waals surface area contributed by atoms with Gasteiger partial charge in [-0.15, -0.1) is 17.5 Å². The predicted molar refractivity (Wildman–Crippen MR) is 88.4 cm³/mol. The fourth-order valence-corrected chi connectivity index (χ4v) is 3.61. The van der Waals surface area contributed by atoms with Gasteiger partial charge in [0.1, 0.15) is 0 Å². The topological polar surface area (TPSA) is 46.0 Å². The van der Waals surface area contributed by atoms with Crippen molar-refractivity contribution in [2.45, 2.75) is 19.4 Å². The first-order chi connectivity index (χ1) is 10.3. The number of halogens is 1. The molecule has 0 bridgehead atoms. The molecule has 1 unspecified atom stereocenters. The number of rotatable bonds is 3. The van der Waals surface area contributed by atoms with Gasteiger partial charge in [0.2, 0.25) is 0 Å². The van der Waals surface area contributed by atoms with E-state index in [1.807, 2.05) is 41.2 Å². The first-order valence-corrected chi connectivity index (χ1v) is 7.73. The zero-order valence-electron chi connectivity index (χ0n) is 12.6. The lowest BCUT2D eigenvalue weighted by atomic mass is 9.87. The molecular weight excluding hydrogens is 298 g/mol. The molecule has 2 fully saturated rings. The van der Waals surface area contributed by atoms with Crippen LogP contribution in [0.4, 0.5) is 0 Å². The maximum Gasteiger partial charge on any atom is 0.0971 e. The molecule has 1 N–H and O–H groups in total. The third-order valence-electron chi connectivity index (χ3n) is 4.80. The van der Waals surface area contributed by atoms with Gasteiger partial charge >= 0.3 is 0 Å². The second-order valence-electron chi connectivity index (χ2n) is 6.38. The molecule has 4 rings (SSSR count). The lowest BCUT2D eigenvalue weighted by molar-refractivity contribution is 0.266. The molecule has 0 radical (unpaired) electrons. The van der Waals surface area contributed by atoms with Crippen molar-refractivity contribution >= 4 is 12.4 Å². The van der Waals surface area contributed by atoms with Crippen LogP contribution < -0.4 is 5.32 Å². The van der Waals surface area contributed by atoms with Gasteiger partial charge in [-0.05, 0) is 43.5 Å². The average Bonchev–Trinajstić information content (AvgIpc) is 3.24. The highest BCUT2D eigenvalue weighted by Crippen LogP contribution is 2.36. The van der Waals surface area contributed by atoms with Gasteiger partial charge in [0.15, 0.2) is 0 Å². The third-order valence-corrected chi connectivity index (χ3v) is 4.80. The fraction of sp³-hybridized carbons (Fsp3) is 0.500. The van der Waals surface area contributed by atoms with Crippen LogP contribution in [0.15, 0.2) is 36.5 Å². The molecule has 6 heteroatoms. The largest absolute Gasteiger partial charge is 0.316 e. The Kier molecular flexibility index (Phi) is 4.47. The van der Waals surface area contributed by atoms with Gasteiger partial charge < -0.3 is 5.32 Å². The van der Waals surface area contributed by atoms with Crippen molar-refractivity contribution < 1.29 is 0 Å². The number of hydrogen-bond donors (Lipinski definition) is 1. The molecule has 1 aromatic carbocycles. The smallest absolute Gasteiger partial charge is 0.0971 e. The number of nitrogens with zero attached hydrogens (tertiary/aromatic N) is 4. The SMILES string of the molecule is Cl.c1ccc(-n2cc(CN3CCC4(CCNC4)C3)nn2)cc1. The van der Waals surface area contributed by atoms with Crippen LogP contribution in [-0.2, 0) is 6.54 Å². The Morgan fingerprint density at radius 1 is 1.18 bits per heavy atom. The Morgan fingerprint density at radius 3 is 2.82 bits per heavy atom. The molecule has 118 valence electrons. The molecule has 2 aromatic rings. The number of likely N-dealkylation sites (tertiary alicyclic amines) is 1. The molecule has 0 amide bonds. The van der Waals surface area contributed by atoms with E-state index in [-0.39, 0.29) is 12.4 Å². The Labute approximate surface area is 137 Å². The van der Waals surface area contributed by atoms with Crippen LogP contribution in [0.1, 0.15) is 18.5 Å². The zero-order valence-corrected chi connectivity index (χ0v) is 13.4.